The van der Waals surface area contributed by atoms with Crippen molar-refractivity contribution in [3.63, 3.8) is 0 Å². The van der Waals surface area contributed by atoms with E-state index in [-0.39, 0.29) is 0 Å². The molecule has 0 atom stereocenters. The van der Waals surface area contributed by atoms with Crippen molar-refractivity contribution in [1.82, 2.24) is 4.57 Å². The zero-order chi connectivity index (χ0) is 19.8. The molecule has 0 spiro atoms. The van der Waals surface area contributed by atoms with E-state index in [1.807, 2.05) is 12.1 Å². The Morgan fingerprint density at radius 2 is 1.10 bits per heavy atom. The van der Waals surface area contributed by atoms with Crippen molar-refractivity contribution in [2.45, 2.75) is 0 Å². The van der Waals surface area contributed by atoms with Gasteiger partial charge in [0, 0.05) is 16.5 Å². The number of aromatic nitrogens is 1. The largest absolute Gasteiger partial charge is 0.309 e. The van der Waals surface area contributed by atoms with Gasteiger partial charge in [0.2, 0.25) is 0 Å². The average Bonchev–Trinajstić information content (AvgIpc) is 3.07. The second-order valence-corrected chi connectivity index (χ2v) is 8.04. The van der Waals surface area contributed by atoms with E-state index >= 15 is 0 Å². The summed E-state index contributed by atoms with van der Waals surface area (Å²) in [6.07, 6.45) is 0. The van der Waals surface area contributed by atoms with Crippen LogP contribution in [0.4, 0.5) is 0 Å². The highest BCUT2D eigenvalue weighted by Gasteiger charge is 2.24. The molecular weight excluding hydrogens is 361 g/mol. The summed E-state index contributed by atoms with van der Waals surface area (Å²) in [4.78, 5) is 0. The summed E-state index contributed by atoms with van der Waals surface area (Å²) in [5.41, 5.74) is 9.57. The zero-order valence-corrected chi connectivity index (χ0v) is 16.3. The molecule has 2 heteroatoms. The molecule has 5 aromatic carbocycles. The van der Waals surface area contributed by atoms with Gasteiger partial charge in [-0.1, -0.05) is 78.3 Å². The minimum absolute atomic E-state index is 0.781. The van der Waals surface area contributed by atoms with Crippen LogP contribution in [0.5, 0.6) is 0 Å². The maximum atomic E-state index is 5.98. The zero-order valence-electron chi connectivity index (χ0n) is 16.3. The lowest BCUT2D eigenvalue weighted by molar-refractivity contribution is 1.18. The minimum Gasteiger partial charge on any atom is -0.309 e. The average molecular weight is 377 g/mol. The third-order valence-electron chi connectivity index (χ3n) is 6.46. The second kappa shape index (κ2) is 5.64. The predicted octanol–water partition coefficient (Wildman–Crippen LogP) is 6.38. The lowest BCUT2D eigenvalue weighted by atomic mass is 9.93. The van der Waals surface area contributed by atoms with Crippen LogP contribution in [0.1, 0.15) is 0 Å². The smallest absolute Gasteiger partial charge is 0.113 e. The summed E-state index contributed by atoms with van der Waals surface area (Å²) >= 11 is 0. The fourth-order valence-electron chi connectivity index (χ4n) is 5.23. The van der Waals surface area contributed by atoms with Crippen molar-refractivity contribution in [3.8, 4) is 27.9 Å². The summed E-state index contributed by atoms with van der Waals surface area (Å²) in [6.45, 7) is 0. The highest BCUT2D eigenvalue weighted by atomic mass is 15.0. The molecule has 1 aliphatic rings. The SMILES string of the molecule is [B]c1ccc(-n2c3cccc4c3c3c5c(cccc5ccc32)-c2ccccc2-4)cc1. The molecule has 1 aromatic heterocycles. The minimum atomic E-state index is 0.781. The van der Waals surface area contributed by atoms with E-state index in [1.165, 1.54) is 54.8 Å². The van der Waals surface area contributed by atoms with Crippen LogP contribution in [0.2, 0.25) is 0 Å². The van der Waals surface area contributed by atoms with E-state index < -0.39 is 0 Å². The molecule has 0 N–H and O–H groups in total. The van der Waals surface area contributed by atoms with Crippen LogP contribution in [0.15, 0.2) is 97.1 Å². The summed E-state index contributed by atoms with van der Waals surface area (Å²) in [5.74, 6) is 0. The molecule has 2 radical (unpaired) electrons. The Balaban J connectivity index is 1.80. The Kier molecular flexibility index (Phi) is 3.02. The van der Waals surface area contributed by atoms with E-state index in [0.717, 1.165) is 11.2 Å². The quantitative estimate of drug-likeness (QED) is 0.293. The van der Waals surface area contributed by atoms with Crippen LogP contribution >= 0.6 is 0 Å². The molecule has 0 amide bonds. The Bertz CT molecular complexity index is 1640. The Labute approximate surface area is 175 Å². The second-order valence-electron chi connectivity index (χ2n) is 8.04. The molecule has 0 aliphatic heterocycles. The van der Waals surface area contributed by atoms with Crippen molar-refractivity contribution < 1.29 is 0 Å². The first-order chi connectivity index (χ1) is 14.8. The topological polar surface area (TPSA) is 4.93 Å². The van der Waals surface area contributed by atoms with E-state index in [4.69, 9.17) is 7.85 Å². The van der Waals surface area contributed by atoms with Gasteiger partial charge < -0.3 is 4.57 Å². The van der Waals surface area contributed by atoms with E-state index in [2.05, 4.69) is 89.5 Å². The Morgan fingerprint density at radius 3 is 1.87 bits per heavy atom. The first-order valence-electron chi connectivity index (χ1n) is 10.3. The maximum Gasteiger partial charge on any atom is 0.113 e. The van der Waals surface area contributed by atoms with Gasteiger partial charge in [-0.15, -0.1) is 0 Å². The molecule has 6 aromatic rings. The molecule has 136 valence electrons. The standard InChI is InChI=1S/C28H16BN/c29-18-12-14-19(15-13-18)30-24-10-4-9-23-21-7-2-1-6-20(21)22-8-3-5-17-11-16-25(30)28(26(17)22)27(23)24/h1-16H. The first-order valence-corrected chi connectivity index (χ1v) is 10.3. The lowest BCUT2D eigenvalue weighted by Gasteiger charge is -2.13. The van der Waals surface area contributed by atoms with Crippen molar-refractivity contribution >= 4 is 45.9 Å². The van der Waals surface area contributed by atoms with Crippen LogP contribution in [-0.2, 0) is 0 Å². The van der Waals surface area contributed by atoms with Gasteiger partial charge in [0.25, 0.3) is 0 Å². The van der Waals surface area contributed by atoms with Gasteiger partial charge in [0.1, 0.15) is 7.85 Å². The molecule has 1 aliphatic carbocycles. The first kappa shape index (κ1) is 16.1. The van der Waals surface area contributed by atoms with E-state index in [9.17, 15) is 0 Å². The predicted molar refractivity (Wildman–Crippen MR) is 128 cm³/mol. The number of hydrogen-bond acceptors (Lipinski definition) is 0. The molecule has 1 nitrogen and oxygen atoms in total. The molecule has 0 unspecified atom stereocenters. The molecular formula is C28H16BN. The van der Waals surface area contributed by atoms with Gasteiger partial charge in [-0.05, 0) is 57.3 Å². The van der Waals surface area contributed by atoms with Crippen LogP contribution in [0, 0.1) is 0 Å². The normalized spacial score (nSPS) is 12.1. The summed E-state index contributed by atoms with van der Waals surface area (Å²) in [7, 11) is 5.98. The monoisotopic (exact) mass is 377 g/mol. The van der Waals surface area contributed by atoms with Gasteiger partial charge in [0.05, 0.1) is 11.0 Å². The number of benzene rings is 5. The number of fused-ring (bicyclic) bond motifs is 3. The highest BCUT2D eigenvalue weighted by molar-refractivity contribution is 6.32. The lowest BCUT2D eigenvalue weighted by Crippen LogP contribution is -2.02. The van der Waals surface area contributed by atoms with Crippen molar-refractivity contribution in [3.05, 3.63) is 97.1 Å². The van der Waals surface area contributed by atoms with Crippen LogP contribution in [-0.4, -0.2) is 12.4 Å². The van der Waals surface area contributed by atoms with Crippen molar-refractivity contribution in [2.24, 2.45) is 0 Å². The molecule has 0 fully saturated rings. The number of hydrogen-bond donors (Lipinski definition) is 0. The van der Waals surface area contributed by atoms with E-state index in [0.29, 0.717) is 0 Å². The maximum absolute atomic E-state index is 5.98. The van der Waals surface area contributed by atoms with Crippen molar-refractivity contribution in [2.75, 3.05) is 0 Å². The van der Waals surface area contributed by atoms with E-state index in [1.54, 1.807) is 0 Å². The Hall–Kier alpha value is -3.78. The summed E-state index contributed by atoms with van der Waals surface area (Å²) in [5, 5.41) is 5.28. The Morgan fingerprint density at radius 1 is 0.467 bits per heavy atom. The fourth-order valence-corrected chi connectivity index (χ4v) is 5.23. The van der Waals surface area contributed by atoms with Gasteiger partial charge in [-0.2, -0.15) is 0 Å². The summed E-state index contributed by atoms with van der Waals surface area (Å²) in [6, 6.07) is 34.8. The summed E-state index contributed by atoms with van der Waals surface area (Å²) < 4.78 is 2.37. The van der Waals surface area contributed by atoms with Crippen molar-refractivity contribution in [1.29, 1.82) is 0 Å². The molecule has 0 saturated carbocycles. The van der Waals surface area contributed by atoms with Crippen LogP contribution < -0.4 is 5.46 Å². The molecule has 1 heterocycles. The number of rotatable bonds is 1. The number of nitrogens with zero attached hydrogens (tertiary/aromatic N) is 1. The van der Waals surface area contributed by atoms with Gasteiger partial charge in [-0.25, -0.2) is 0 Å². The molecule has 30 heavy (non-hydrogen) atoms. The highest BCUT2D eigenvalue weighted by Crippen LogP contribution is 2.49. The van der Waals surface area contributed by atoms with Gasteiger partial charge in [0.15, 0.2) is 0 Å². The molecule has 0 saturated heterocycles. The third-order valence-corrected chi connectivity index (χ3v) is 6.46. The third kappa shape index (κ3) is 1.93. The van der Waals surface area contributed by atoms with Gasteiger partial charge in [-0.3, -0.25) is 0 Å². The fraction of sp³-hybridized carbons (Fsp3) is 0. The van der Waals surface area contributed by atoms with Crippen LogP contribution in [0.25, 0.3) is 60.5 Å². The van der Waals surface area contributed by atoms with Gasteiger partial charge >= 0.3 is 0 Å². The van der Waals surface area contributed by atoms with Crippen LogP contribution in [0.3, 0.4) is 0 Å². The molecule has 0 bridgehead atoms. The molecule has 7 rings (SSSR count).